The molecule has 1 rings (SSSR count). The van der Waals surface area contributed by atoms with Gasteiger partial charge in [0.15, 0.2) is 0 Å². The van der Waals surface area contributed by atoms with Gasteiger partial charge in [-0.25, -0.2) is 0 Å². The van der Waals surface area contributed by atoms with Gasteiger partial charge < -0.3 is 10.6 Å². The molecule has 1 atom stereocenters. The van der Waals surface area contributed by atoms with Crippen LogP contribution in [-0.2, 0) is 9.59 Å². The molecule has 1 heterocycles. The summed E-state index contributed by atoms with van der Waals surface area (Å²) in [6, 6.07) is 3.97. The minimum Gasteiger partial charge on any atom is -0.350 e. The molecular weight excluding hydrogens is 298 g/mol. The maximum Gasteiger partial charge on any atom is 0.234 e. The molecule has 0 saturated heterocycles. The summed E-state index contributed by atoms with van der Waals surface area (Å²) >= 11 is 1.62. The first-order valence-corrected chi connectivity index (χ1v) is 8.45. The Labute approximate surface area is 137 Å². The molecule has 1 aromatic rings. The fourth-order valence-corrected chi connectivity index (χ4v) is 2.77. The van der Waals surface area contributed by atoms with E-state index in [2.05, 4.69) is 10.6 Å². The number of carbonyl (C=O) groups excluding carboxylic acids is 2. The van der Waals surface area contributed by atoms with Gasteiger partial charge in [-0.15, -0.1) is 11.3 Å². The third kappa shape index (κ3) is 7.04. The van der Waals surface area contributed by atoms with Gasteiger partial charge in [0.2, 0.25) is 11.8 Å². The lowest BCUT2D eigenvalue weighted by molar-refractivity contribution is -0.126. The molecule has 1 aromatic heterocycles. The van der Waals surface area contributed by atoms with Gasteiger partial charge in [0.25, 0.3) is 0 Å². The van der Waals surface area contributed by atoms with E-state index in [4.69, 9.17) is 0 Å². The molecule has 5 nitrogen and oxygen atoms in total. The van der Waals surface area contributed by atoms with Gasteiger partial charge in [0.05, 0.1) is 19.1 Å². The highest BCUT2D eigenvalue weighted by Crippen LogP contribution is 2.17. The van der Waals surface area contributed by atoms with E-state index in [1.54, 1.807) is 11.3 Å². The van der Waals surface area contributed by atoms with Gasteiger partial charge in [-0.3, -0.25) is 14.5 Å². The third-order valence-electron chi connectivity index (χ3n) is 3.04. The summed E-state index contributed by atoms with van der Waals surface area (Å²) in [5, 5.41) is 7.87. The second kappa shape index (κ2) is 8.29. The lowest BCUT2D eigenvalue weighted by Gasteiger charge is -2.25. The van der Waals surface area contributed by atoms with Gasteiger partial charge in [-0.1, -0.05) is 13.0 Å². The summed E-state index contributed by atoms with van der Waals surface area (Å²) in [7, 11) is 0. The van der Waals surface area contributed by atoms with Crippen molar-refractivity contribution in [2.75, 3.05) is 19.6 Å². The van der Waals surface area contributed by atoms with Crippen LogP contribution in [0.3, 0.4) is 0 Å². The molecule has 0 aromatic carbocycles. The van der Waals surface area contributed by atoms with Crippen LogP contribution in [0.2, 0.25) is 0 Å². The van der Waals surface area contributed by atoms with Crippen LogP contribution in [0.15, 0.2) is 17.5 Å². The van der Waals surface area contributed by atoms with Crippen LogP contribution in [0.4, 0.5) is 0 Å². The molecule has 0 bridgehead atoms. The molecule has 0 unspecified atom stereocenters. The molecule has 2 amide bonds. The summed E-state index contributed by atoms with van der Waals surface area (Å²) in [5.41, 5.74) is -0.258. The summed E-state index contributed by atoms with van der Waals surface area (Å²) in [6.45, 7) is 10.8. The molecule has 124 valence electrons. The molecule has 0 aliphatic carbocycles. The van der Waals surface area contributed by atoms with Crippen molar-refractivity contribution in [3.8, 4) is 0 Å². The highest BCUT2D eigenvalue weighted by Gasteiger charge is 2.18. The molecule has 0 spiro atoms. The van der Waals surface area contributed by atoms with E-state index in [0.717, 1.165) is 4.88 Å². The highest BCUT2D eigenvalue weighted by molar-refractivity contribution is 7.10. The first-order valence-electron chi connectivity index (χ1n) is 7.57. The zero-order valence-electron chi connectivity index (χ0n) is 14.1. The number of hydrogen-bond acceptors (Lipinski definition) is 4. The monoisotopic (exact) mass is 325 g/mol. The number of nitrogens with one attached hydrogen (secondary N) is 2. The fourth-order valence-electron chi connectivity index (χ4n) is 2.04. The average molecular weight is 325 g/mol. The Kier molecular flexibility index (Phi) is 7.03. The Hall–Kier alpha value is -1.40. The van der Waals surface area contributed by atoms with Crippen LogP contribution in [-0.4, -0.2) is 41.9 Å². The molecular formula is C16H27N3O2S. The van der Waals surface area contributed by atoms with Crippen molar-refractivity contribution in [1.82, 2.24) is 15.5 Å². The van der Waals surface area contributed by atoms with Crippen molar-refractivity contribution in [1.29, 1.82) is 0 Å². The molecule has 0 fully saturated rings. The first kappa shape index (κ1) is 18.6. The molecule has 22 heavy (non-hydrogen) atoms. The average Bonchev–Trinajstić information content (AvgIpc) is 2.89. The van der Waals surface area contributed by atoms with Crippen LogP contribution < -0.4 is 10.6 Å². The number of thiophene rings is 1. The van der Waals surface area contributed by atoms with E-state index in [0.29, 0.717) is 6.54 Å². The lowest BCUT2D eigenvalue weighted by atomic mass is 10.1. The zero-order chi connectivity index (χ0) is 16.8. The Balaban J connectivity index is 2.44. The van der Waals surface area contributed by atoms with Gasteiger partial charge in [0, 0.05) is 10.4 Å². The summed E-state index contributed by atoms with van der Waals surface area (Å²) in [6.07, 6.45) is 0. The van der Waals surface area contributed by atoms with Crippen molar-refractivity contribution >= 4 is 23.2 Å². The summed E-state index contributed by atoms with van der Waals surface area (Å²) in [4.78, 5) is 27.0. The number of hydrogen-bond donors (Lipinski definition) is 2. The van der Waals surface area contributed by atoms with E-state index in [9.17, 15) is 9.59 Å². The fraction of sp³-hybridized carbons (Fsp3) is 0.625. The largest absolute Gasteiger partial charge is 0.350 e. The molecule has 6 heteroatoms. The van der Waals surface area contributed by atoms with E-state index in [1.165, 1.54) is 0 Å². The summed E-state index contributed by atoms with van der Waals surface area (Å²) in [5.74, 6) is -0.125. The third-order valence-corrected chi connectivity index (χ3v) is 4.10. The van der Waals surface area contributed by atoms with Crippen LogP contribution in [0.25, 0.3) is 0 Å². The van der Waals surface area contributed by atoms with Crippen molar-refractivity contribution < 1.29 is 9.59 Å². The predicted octanol–water partition coefficient (Wildman–Crippen LogP) is 2.16. The lowest BCUT2D eigenvalue weighted by Crippen LogP contribution is -2.48. The van der Waals surface area contributed by atoms with Crippen molar-refractivity contribution in [2.45, 2.75) is 46.2 Å². The van der Waals surface area contributed by atoms with E-state index in [1.807, 2.05) is 57.0 Å². The van der Waals surface area contributed by atoms with Gasteiger partial charge in [-0.05, 0) is 45.7 Å². The molecule has 0 aliphatic rings. The molecule has 0 aliphatic heterocycles. The first-order chi connectivity index (χ1) is 10.2. The summed E-state index contributed by atoms with van der Waals surface area (Å²) < 4.78 is 0. The SMILES string of the molecule is CCN(CC(=O)N[C@H](C)c1cccs1)CC(=O)NC(C)(C)C. The van der Waals surface area contributed by atoms with Crippen LogP contribution in [0.1, 0.15) is 45.5 Å². The zero-order valence-corrected chi connectivity index (χ0v) is 14.9. The Morgan fingerprint density at radius 1 is 1.27 bits per heavy atom. The predicted molar refractivity (Wildman–Crippen MR) is 90.9 cm³/mol. The normalized spacial score (nSPS) is 13.0. The van der Waals surface area contributed by atoms with Crippen LogP contribution in [0.5, 0.6) is 0 Å². The molecule has 0 saturated carbocycles. The van der Waals surface area contributed by atoms with Crippen LogP contribution >= 0.6 is 11.3 Å². The number of rotatable bonds is 7. The minimum atomic E-state index is -0.258. The van der Waals surface area contributed by atoms with E-state index in [-0.39, 0.29) is 36.5 Å². The Morgan fingerprint density at radius 2 is 1.91 bits per heavy atom. The van der Waals surface area contributed by atoms with Gasteiger partial charge in [-0.2, -0.15) is 0 Å². The van der Waals surface area contributed by atoms with Crippen LogP contribution in [0, 0.1) is 0 Å². The van der Waals surface area contributed by atoms with Crippen molar-refractivity contribution in [3.05, 3.63) is 22.4 Å². The second-order valence-corrected chi connectivity index (χ2v) is 7.39. The number of carbonyl (C=O) groups is 2. The molecule has 2 N–H and O–H groups in total. The Morgan fingerprint density at radius 3 is 2.41 bits per heavy atom. The highest BCUT2D eigenvalue weighted by atomic mass is 32.1. The maximum absolute atomic E-state index is 12.1. The smallest absolute Gasteiger partial charge is 0.234 e. The van der Waals surface area contributed by atoms with Gasteiger partial charge in [0.1, 0.15) is 0 Å². The van der Waals surface area contributed by atoms with Crippen molar-refractivity contribution in [3.63, 3.8) is 0 Å². The van der Waals surface area contributed by atoms with E-state index < -0.39 is 0 Å². The Bertz CT molecular complexity index is 480. The standard InChI is InChI=1S/C16H27N3O2S/c1-6-19(11-15(21)18-16(3,4)5)10-14(20)17-12(2)13-8-7-9-22-13/h7-9,12H,6,10-11H2,1-5H3,(H,17,20)(H,18,21)/t12-/m1/s1. The number of nitrogens with zero attached hydrogens (tertiary/aromatic N) is 1. The number of amides is 2. The van der Waals surface area contributed by atoms with E-state index >= 15 is 0 Å². The topological polar surface area (TPSA) is 61.4 Å². The quantitative estimate of drug-likeness (QED) is 0.807. The second-order valence-electron chi connectivity index (χ2n) is 6.41. The minimum absolute atomic E-state index is 0.00499. The van der Waals surface area contributed by atoms with Gasteiger partial charge >= 0.3 is 0 Å². The maximum atomic E-state index is 12.1. The van der Waals surface area contributed by atoms with Crippen molar-refractivity contribution in [2.24, 2.45) is 0 Å². The molecule has 0 radical (unpaired) electrons. The number of likely N-dealkylation sites (N-methyl/N-ethyl adjacent to an activating group) is 1.